The van der Waals surface area contributed by atoms with E-state index in [4.69, 9.17) is 0 Å². The molecule has 6 nitrogen and oxygen atoms in total. The van der Waals surface area contributed by atoms with Gasteiger partial charge in [-0.25, -0.2) is 0 Å². The van der Waals surface area contributed by atoms with E-state index in [-0.39, 0.29) is 11.6 Å². The maximum Gasteiger partial charge on any atom is 0.270 e. The van der Waals surface area contributed by atoms with Gasteiger partial charge in [-0.05, 0) is 53.6 Å². The predicted octanol–water partition coefficient (Wildman–Crippen LogP) is 4.83. The molecule has 0 bridgehead atoms. The van der Waals surface area contributed by atoms with E-state index in [0.717, 1.165) is 37.3 Å². The van der Waals surface area contributed by atoms with Gasteiger partial charge in [-0.1, -0.05) is 25.0 Å². The molecule has 2 aromatic carbocycles. The van der Waals surface area contributed by atoms with Crippen molar-refractivity contribution >= 4 is 45.6 Å². The SMILES string of the molecule is O=C(Nc1ccccc1N1CCCCCC1)c1cc([N+](=O)[O-])ccc1I. The summed E-state index contributed by atoms with van der Waals surface area (Å²) in [7, 11) is 0. The molecule has 0 radical (unpaired) electrons. The Labute approximate surface area is 165 Å². The fourth-order valence-corrected chi connectivity index (χ4v) is 3.74. The zero-order valence-corrected chi connectivity index (χ0v) is 16.4. The lowest BCUT2D eigenvalue weighted by molar-refractivity contribution is -0.384. The van der Waals surface area contributed by atoms with Crippen molar-refractivity contribution in [3.05, 3.63) is 61.7 Å². The Hall–Kier alpha value is -2.16. The number of nitro benzene ring substituents is 1. The minimum Gasteiger partial charge on any atom is -0.370 e. The van der Waals surface area contributed by atoms with Crippen molar-refractivity contribution < 1.29 is 9.72 Å². The number of benzene rings is 2. The molecule has 0 aliphatic carbocycles. The van der Waals surface area contributed by atoms with E-state index in [1.165, 1.54) is 25.0 Å². The van der Waals surface area contributed by atoms with Gasteiger partial charge in [0.2, 0.25) is 0 Å². The minimum atomic E-state index is -0.488. The molecule has 1 saturated heterocycles. The van der Waals surface area contributed by atoms with Crippen molar-refractivity contribution in [2.45, 2.75) is 25.7 Å². The molecule has 0 spiro atoms. The molecule has 0 saturated carbocycles. The number of rotatable bonds is 4. The molecule has 3 rings (SSSR count). The molecular formula is C19H20IN3O3. The van der Waals surface area contributed by atoms with Gasteiger partial charge in [0.05, 0.1) is 21.9 Å². The highest BCUT2D eigenvalue weighted by Crippen LogP contribution is 2.29. The van der Waals surface area contributed by atoms with Gasteiger partial charge in [0.1, 0.15) is 0 Å². The monoisotopic (exact) mass is 465 g/mol. The molecule has 2 aromatic rings. The Balaban J connectivity index is 1.86. The van der Waals surface area contributed by atoms with Crippen LogP contribution < -0.4 is 10.2 Å². The number of anilines is 2. The van der Waals surface area contributed by atoms with Crippen LogP contribution in [0.5, 0.6) is 0 Å². The zero-order valence-electron chi connectivity index (χ0n) is 14.3. The van der Waals surface area contributed by atoms with E-state index < -0.39 is 4.92 Å². The highest BCUT2D eigenvalue weighted by atomic mass is 127. The average Bonchev–Trinajstić information content (AvgIpc) is 2.91. The molecule has 1 aliphatic heterocycles. The van der Waals surface area contributed by atoms with Crippen molar-refractivity contribution in [2.24, 2.45) is 0 Å². The van der Waals surface area contributed by atoms with Crippen LogP contribution in [0.4, 0.5) is 17.1 Å². The Morgan fingerprint density at radius 2 is 1.77 bits per heavy atom. The van der Waals surface area contributed by atoms with Crippen molar-refractivity contribution in [1.82, 2.24) is 0 Å². The first-order valence-electron chi connectivity index (χ1n) is 8.65. The number of nitro groups is 1. The second-order valence-corrected chi connectivity index (χ2v) is 7.46. The normalized spacial score (nSPS) is 14.6. The van der Waals surface area contributed by atoms with Gasteiger partial charge in [0.25, 0.3) is 11.6 Å². The Morgan fingerprint density at radius 1 is 1.08 bits per heavy atom. The standard InChI is InChI=1S/C19H20IN3O3/c20-16-10-9-14(23(25)26)13-15(16)19(24)21-17-7-3-4-8-18(17)22-11-5-1-2-6-12-22/h3-4,7-10,13H,1-2,5-6,11-12H2,(H,21,24). The quantitative estimate of drug-likeness (QED) is 0.399. The van der Waals surface area contributed by atoms with Crippen LogP contribution in [-0.4, -0.2) is 23.9 Å². The fourth-order valence-electron chi connectivity index (χ4n) is 3.16. The van der Waals surface area contributed by atoms with Gasteiger partial charge in [0, 0.05) is 28.8 Å². The molecule has 1 aliphatic rings. The zero-order chi connectivity index (χ0) is 18.5. The molecule has 1 fully saturated rings. The van der Waals surface area contributed by atoms with Crippen molar-refractivity contribution in [1.29, 1.82) is 0 Å². The first-order valence-corrected chi connectivity index (χ1v) is 9.73. The lowest BCUT2D eigenvalue weighted by atomic mass is 10.1. The second-order valence-electron chi connectivity index (χ2n) is 6.29. The Bertz CT molecular complexity index is 817. The number of hydrogen-bond donors (Lipinski definition) is 1. The fraction of sp³-hybridized carbons (Fsp3) is 0.316. The molecule has 1 amide bonds. The maximum absolute atomic E-state index is 12.8. The lowest BCUT2D eigenvalue weighted by Crippen LogP contribution is -2.25. The summed E-state index contributed by atoms with van der Waals surface area (Å²) in [5, 5.41) is 13.9. The van der Waals surface area contributed by atoms with Gasteiger partial charge in [-0.3, -0.25) is 14.9 Å². The highest BCUT2D eigenvalue weighted by Gasteiger charge is 2.18. The third-order valence-corrected chi connectivity index (χ3v) is 5.45. The van der Waals surface area contributed by atoms with Gasteiger partial charge in [-0.15, -0.1) is 0 Å². The maximum atomic E-state index is 12.8. The van der Waals surface area contributed by atoms with Crippen LogP contribution in [0, 0.1) is 13.7 Å². The smallest absolute Gasteiger partial charge is 0.270 e. The summed E-state index contributed by atoms with van der Waals surface area (Å²) >= 11 is 2.02. The number of halogens is 1. The second kappa shape index (κ2) is 8.48. The van der Waals surface area contributed by atoms with Crippen LogP contribution in [0.1, 0.15) is 36.0 Å². The van der Waals surface area contributed by atoms with Crippen LogP contribution in [0.3, 0.4) is 0 Å². The van der Waals surface area contributed by atoms with Gasteiger partial charge < -0.3 is 10.2 Å². The number of amides is 1. The topological polar surface area (TPSA) is 75.5 Å². The number of para-hydroxylation sites is 2. The number of carbonyl (C=O) groups excluding carboxylic acids is 1. The molecule has 1 N–H and O–H groups in total. The van der Waals surface area contributed by atoms with Gasteiger partial charge in [-0.2, -0.15) is 0 Å². The van der Waals surface area contributed by atoms with E-state index in [9.17, 15) is 14.9 Å². The molecule has 26 heavy (non-hydrogen) atoms. The van der Waals surface area contributed by atoms with E-state index in [1.807, 2.05) is 46.9 Å². The molecular weight excluding hydrogens is 445 g/mol. The summed E-state index contributed by atoms with van der Waals surface area (Å²) in [6, 6.07) is 12.1. The summed E-state index contributed by atoms with van der Waals surface area (Å²) in [6.45, 7) is 1.95. The van der Waals surface area contributed by atoms with Gasteiger partial charge >= 0.3 is 0 Å². The Kier molecular flexibility index (Phi) is 6.08. The highest BCUT2D eigenvalue weighted by molar-refractivity contribution is 14.1. The Morgan fingerprint density at radius 3 is 2.46 bits per heavy atom. The number of non-ortho nitro benzene ring substituents is 1. The molecule has 0 unspecified atom stereocenters. The number of carbonyl (C=O) groups is 1. The predicted molar refractivity (Wildman–Crippen MR) is 111 cm³/mol. The van der Waals surface area contributed by atoms with Crippen LogP contribution in [0.25, 0.3) is 0 Å². The lowest BCUT2D eigenvalue weighted by Gasteiger charge is -2.25. The number of nitrogens with one attached hydrogen (secondary N) is 1. The first kappa shape index (κ1) is 18.6. The summed E-state index contributed by atoms with van der Waals surface area (Å²) in [6.07, 6.45) is 4.75. The number of nitrogens with zero attached hydrogens (tertiary/aromatic N) is 2. The van der Waals surface area contributed by atoms with Gasteiger partial charge in [0.15, 0.2) is 0 Å². The summed E-state index contributed by atoms with van der Waals surface area (Å²) in [4.78, 5) is 25.6. The van der Waals surface area contributed by atoms with Crippen molar-refractivity contribution in [3.63, 3.8) is 0 Å². The van der Waals surface area contributed by atoms with Crippen LogP contribution >= 0.6 is 22.6 Å². The van der Waals surface area contributed by atoms with Crippen molar-refractivity contribution in [3.8, 4) is 0 Å². The average molecular weight is 465 g/mol. The summed E-state index contributed by atoms with van der Waals surface area (Å²) < 4.78 is 0.679. The molecule has 136 valence electrons. The molecule has 1 heterocycles. The minimum absolute atomic E-state index is 0.0867. The van der Waals surface area contributed by atoms with Crippen LogP contribution in [0.15, 0.2) is 42.5 Å². The van der Waals surface area contributed by atoms with E-state index >= 15 is 0 Å². The third-order valence-electron chi connectivity index (χ3n) is 4.50. The van der Waals surface area contributed by atoms with E-state index in [2.05, 4.69) is 10.2 Å². The molecule has 0 aromatic heterocycles. The van der Waals surface area contributed by atoms with E-state index in [0.29, 0.717) is 9.13 Å². The largest absolute Gasteiger partial charge is 0.370 e. The molecule has 7 heteroatoms. The third kappa shape index (κ3) is 4.32. The first-order chi connectivity index (χ1) is 12.6. The molecule has 0 atom stereocenters. The van der Waals surface area contributed by atoms with Crippen LogP contribution in [-0.2, 0) is 0 Å². The van der Waals surface area contributed by atoms with Crippen molar-refractivity contribution in [2.75, 3.05) is 23.3 Å². The van der Waals surface area contributed by atoms with Crippen LogP contribution in [0.2, 0.25) is 0 Å². The summed E-state index contributed by atoms with van der Waals surface area (Å²) in [5.74, 6) is -0.333. The number of hydrogen-bond acceptors (Lipinski definition) is 4. The summed E-state index contributed by atoms with van der Waals surface area (Å²) in [5.41, 5.74) is 1.96. The van der Waals surface area contributed by atoms with E-state index in [1.54, 1.807) is 6.07 Å².